The predicted octanol–water partition coefficient (Wildman–Crippen LogP) is 2.62. The summed E-state index contributed by atoms with van der Waals surface area (Å²) in [5.74, 6) is 1.08. The molecule has 3 heterocycles. The highest BCUT2D eigenvalue weighted by molar-refractivity contribution is 7.13. The molecule has 0 saturated carbocycles. The zero-order valence-corrected chi connectivity index (χ0v) is 12.0. The maximum Gasteiger partial charge on any atom is 0.303 e. The normalized spacial score (nSPS) is 16.2. The Bertz CT molecular complexity index is 600. The van der Waals surface area contributed by atoms with E-state index in [1.807, 2.05) is 24.4 Å². The van der Waals surface area contributed by atoms with Crippen LogP contribution in [0.25, 0.3) is 10.8 Å². The van der Waals surface area contributed by atoms with Crippen LogP contribution in [0.2, 0.25) is 0 Å². The third kappa shape index (κ3) is 2.76. The van der Waals surface area contributed by atoms with Gasteiger partial charge in [-0.05, 0) is 24.3 Å². The monoisotopic (exact) mass is 292 g/mol. The van der Waals surface area contributed by atoms with Gasteiger partial charge in [0.25, 0.3) is 0 Å². The minimum atomic E-state index is -0.716. The van der Waals surface area contributed by atoms with Gasteiger partial charge < -0.3 is 9.52 Å². The standard InChI is InChI=1S/C14H16N2O3S/c1-9-11(8-16-6-10(7-16)5-13(17)18)15-14(19-9)12-3-2-4-20-12/h2-4,10H,5-8H2,1H3,(H,17,18). The van der Waals surface area contributed by atoms with Crippen molar-refractivity contribution in [2.24, 2.45) is 5.92 Å². The molecule has 2 aromatic heterocycles. The quantitative estimate of drug-likeness (QED) is 0.917. The van der Waals surface area contributed by atoms with Gasteiger partial charge in [0.15, 0.2) is 0 Å². The molecule has 6 heteroatoms. The molecule has 106 valence electrons. The van der Waals surface area contributed by atoms with Crippen LogP contribution in [-0.2, 0) is 11.3 Å². The summed E-state index contributed by atoms with van der Waals surface area (Å²) in [5.41, 5.74) is 0.946. The van der Waals surface area contributed by atoms with Crippen molar-refractivity contribution in [3.63, 3.8) is 0 Å². The van der Waals surface area contributed by atoms with Crippen molar-refractivity contribution in [2.75, 3.05) is 13.1 Å². The second-order valence-electron chi connectivity index (χ2n) is 5.16. The Morgan fingerprint density at radius 1 is 1.60 bits per heavy atom. The molecule has 1 aliphatic heterocycles. The number of hydrogen-bond donors (Lipinski definition) is 1. The average molecular weight is 292 g/mol. The van der Waals surface area contributed by atoms with Crippen LogP contribution >= 0.6 is 11.3 Å². The number of carbonyl (C=O) groups is 1. The van der Waals surface area contributed by atoms with Crippen molar-refractivity contribution in [1.29, 1.82) is 0 Å². The van der Waals surface area contributed by atoms with Gasteiger partial charge >= 0.3 is 5.97 Å². The van der Waals surface area contributed by atoms with Crippen molar-refractivity contribution in [3.8, 4) is 10.8 Å². The van der Waals surface area contributed by atoms with Gasteiger partial charge in [0.2, 0.25) is 5.89 Å². The summed E-state index contributed by atoms with van der Waals surface area (Å²) >= 11 is 1.61. The topological polar surface area (TPSA) is 66.6 Å². The number of nitrogens with zero attached hydrogens (tertiary/aromatic N) is 2. The van der Waals surface area contributed by atoms with E-state index in [9.17, 15) is 4.79 Å². The van der Waals surface area contributed by atoms with Crippen molar-refractivity contribution < 1.29 is 14.3 Å². The van der Waals surface area contributed by atoms with Crippen molar-refractivity contribution in [1.82, 2.24) is 9.88 Å². The number of thiophene rings is 1. The molecule has 0 radical (unpaired) electrons. The van der Waals surface area contributed by atoms with Crippen LogP contribution in [0, 0.1) is 12.8 Å². The number of aliphatic carboxylic acids is 1. The Balaban J connectivity index is 1.61. The van der Waals surface area contributed by atoms with Gasteiger partial charge in [0, 0.05) is 19.6 Å². The summed E-state index contributed by atoms with van der Waals surface area (Å²) in [6.07, 6.45) is 0.259. The lowest BCUT2D eigenvalue weighted by molar-refractivity contribution is -0.139. The van der Waals surface area contributed by atoms with Gasteiger partial charge in [-0.3, -0.25) is 9.69 Å². The van der Waals surface area contributed by atoms with Gasteiger partial charge in [0.05, 0.1) is 17.0 Å². The zero-order valence-electron chi connectivity index (χ0n) is 11.2. The molecule has 0 amide bonds. The summed E-state index contributed by atoms with van der Waals surface area (Å²) in [4.78, 5) is 18.4. The summed E-state index contributed by atoms with van der Waals surface area (Å²) in [7, 11) is 0. The minimum absolute atomic E-state index is 0.259. The second-order valence-corrected chi connectivity index (χ2v) is 6.10. The van der Waals surface area contributed by atoms with Crippen LogP contribution < -0.4 is 0 Å². The van der Waals surface area contributed by atoms with Gasteiger partial charge in [-0.2, -0.15) is 0 Å². The van der Waals surface area contributed by atoms with E-state index in [4.69, 9.17) is 9.52 Å². The molecule has 1 aliphatic rings. The van der Waals surface area contributed by atoms with Gasteiger partial charge in [0.1, 0.15) is 5.76 Å². The molecule has 0 spiro atoms. The van der Waals surface area contributed by atoms with Crippen LogP contribution in [0.15, 0.2) is 21.9 Å². The molecule has 0 aliphatic carbocycles. The number of rotatable bonds is 5. The van der Waals surface area contributed by atoms with Crippen LogP contribution in [-0.4, -0.2) is 34.0 Å². The summed E-state index contributed by atoms with van der Waals surface area (Å²) in [6, 6.07) is 3.97. The number of aromatic nitrogens is 1. The maximum absolute atomic E-state index is 10.6. The van der Waals surface area contributed by atoms with Crippen molar-refractivity contribution >= 4 is 17.3 Å². The van der Waals surface area contributed by atoms with Crippen LogP contribution in [0.4, 0.5) is 0 Å². The molecule has 0 atom stereocenters. The fourth-order valence-corrected chi connectivity index (χ4v) is 3.12. The van der Waals surface area contributed by atoms with Crippen LogP contribution in [0.3, 0.4) is 0 Å². The number of carboxylic acid groups (broad SMARTS) is 1. The van der Waals surface area contributed by atoms with Gasteiger partial charge in [-0.15, -0.1) is 11.3 Å². The summed E-state index contributed by atoms with van der Waals surface area (Å²) < 4.78 is 5.70. The van der Waals surface area contributed by atoms with Crippen LogP contribution in [0.5, 0.6) is 0 Å². The third-order valence-electron chi connectivity index (χ3n) is 3.49. The molecule has 1 fully saturated rings. The Kier molecular flexibility index (Phi) is 3.58. The largest absolute Gasteiger partial charge is 0.481 e. The van der Waals surface area contributed by atoms with E-state index < -0.39 is 5.97 Å². The minimum Gasteiger partial charge on any atom is -0.481 e. The highest BCUT2D eigenvalue weighted by Gasteiger charge is 2.29. The SMILES string of the molecule is Cc1oc(-c2cccs2)nc1CN1CC(CC(=O)O)C1. The highest BCUT2D eigenvalue weighted by atomic mass is 32.1. The van der Waals surface area contributed by atoms with E-state index in [2.05, 4.69) is 9.88 Å². The first-order valence-electron chi connectivity index (χ1n) is 6.56. The average Bonchev–Trinajstić information content (AvgIpc) is 2.96. The molecule has 3 rings (SSSR count). The third-order valence-corrected chi connectivity index (χ3v) is 4.35. The first kappa shape index (κ1) is 13.3. The number of oxazole rings is 1. The molecular formula is C14H16N2O3S. The Hall–Kier alpha value is -1.66. The molecule has 1 saturated heterocycles. The molecule has 20 heavy (non-hydrogen) atoms. The fourth-order valence-electron chi connectivity index (χ4n) is 2.47. The predicted molar refractivity (Wildman–Crippen MR) is 75.6 cm³/mol. The molecule has 0 bridgehead atoms. The molecule has 0 unspecified atom stereocenters. The Labute approximate surface area is 120 Å². The van der Waals surface area contributed by atoms with E-state index in [0.717, 1.165) is 36.0 Å². The molecular weight excluding hydrogens is 276 g/mol. The lowest BCUT2D eigenvalue weighted by atomic mass is 9.96. The highest BCUT2D eigenvalue weighted by Crippen LogP contribution is 2.28. The van der Waals surface area contributed by atoms with E-state index in [0.29, 0.717) is 5.89 Å². The smallest absolute Gasteiger partial charge is 0.303 e. The fraction of sp³-hybridized carbons (Fsp3) is 0.429. The number of carboxylic acids is 1. The summed E-state index contributed by atoms with van der Waals surface area (Å²) in [6.45, 7) is 4.31. The van der Waals surface area contributed by atoms with E-state index in [-0.39, 0.29) is 12.3 Å². The molecule has 5 nitrogen and oxygen atoms in total. The maximum atomic E-state index is 10.6. The Morgan fingerprint density at radius 3 is 3.05 bits per heavy atom. The van der Waals surface area contributed by atoms with E-state index >= 15 is 0 Å². The second kappa shape index (κ2) is 5.38. The van der Waals surface area contributed by atoms with Gasteiger partial charge in [-0.25, -0.2) is 4.98 Å². The van der Waals surface area contributed by atoms with Crippen LogP contribution in [0.1, 0.15) is 17.9 Å². The summed E-state index contributed by atoms with van der Waals surface area (Å²) in [5, 5.41) is 10.7. The lowest BCUT2D eigenvalue weighted by Crippen LogP contribution is -2.46. The Morgan fingerprint density at radius 2 is 2.40 bits per heavy atom. The number of likely N-dealkylation sites (tertiary alicyclic amines) is 1. The van der Waals surface area contributed by atoms with Crippen molar-refractivity contribution in [3.05, 3.63) is 29.0 Å². The van der Waals surface area contributed by atoms with Crippen molar-refractivity contribution in [2.45, 2.75) is 19.9 Å². The first-order valence-corrected chi connectivity index (χ1v) is 7.44. The molecule has 2 aromatic rings. The van der Waals surface area contributed by atoms with E-state index in [1.54, 1.807) is 11.3 Å². The number of hydrogen-bond acceptors (Lipinski definition) is 5. The molecule has 1 N–H and O–H groups in total. The zero-order chi connectivity index (χ0) is 14.1. The lowest BCUT2D eigenvalue weighted by Gasteiger charge is -2.38. The molecule has 0 aromatic carbocycles. The first-order chi connectivity index (χ1) is 9.61. The van der Waals surface area contributed by atoms with Gasteiger partial charge in [-0.1, -0.05) is 6.07 Å². The number of aryl methyl sites for hydroxylation is 1. The van der Waals surface area contributed by atoms with E-state index in [1.165, 1.54) is 0 Å².